The van der Waals surface area contributed by atoms with Crippen molar-refractivity contribution in [1.82, 2.24) is 15.3 Å². The number of anilines is 3. The molecule has 0 aliphatic carbocycles. The van der Waals surface area contributed by atoms with Gasteiger partial charge in [0, 0.05) is 113 Å². The van der Waals surface area contributed by atoms with Crippen molar-refractivity contribution in [2.45, 2.75) is 51.4 Å². The molecule has 5 heterocycles. The highest BCUT2D eigenvalue weighted by molar-refractivity contribution is 7.21. The van der Waals surface area contributed by atoms with E-state index in [9.17, 15) is 14.9 Å². The Morgan fingerprint density at radius 2 is 1.04 bits per heavy atom. The van der Waals surface area contributed by atoms with Gasteiger partial charge in [0.15, 0.2) is 17.5 Å². The fraction of sp³-hybridized carbons (Fsp3) is 0.387. The third kappa shape index (κ3) is 26.5. The maximum atomic E-state index is 12.0. The molecule has 0 bridgehead atoms. The highest BCUT2D eigenvalue weighted by Gasteiger charge is 2.16. The van der Waals surface area contributed by atoms with Gasteiger partial charge >= 0.3 is 6.09 Å². The molecule has 20 nitrogen and oxygen atoms in total. The Morgan fingerprint density at radius 1 is 0.590 bits per heavy atom. The molecule has 5 aromatic heterocycles. The number of unbranched alkanes of at least 4 members (excludes halogenated alkanes) is 6. The normalized spacial score (nSPS) is 11.4. The second kappa shape index (κ2) is 45.0. The Hall–Kier alpha value is -7.98. The number of halogens is 2. The van der Waals surface area contributed by atoms with E-state index in [2.05, 4.69) is 50.5 Å². The zero-order chi connectivity index (χ0) is 71.1. The minimum atomic E-state index is -0.470. The van der Waals surface area contributed by atoms with Gasteiger partial charge < -0.3 is 68.5 Å². The number of thiophene rings is 3. The standard InChI is InChI=1S/C32H37ClN4O5S.C21H17N3O2S.C12H13NO2S.C10H22ClNO2/c1-37(14-17-41-32(38)35-13-16-40-19-18-39-15-7-3-2-6-12-33)26-11-10-24-20-27(43-30(24)22-26)21-25(23-34)31-36-28-8-4-5-9-29(28)42-31;1-22-18(21-23-17-5-3-4-6-19(17)26-21)13-16-11-14-7-8-15(12-20(14)27-16)24(2)9-10-25;1-13(4-5-14)10-3-2-9-6-11(8-15)16-12(9)7-10;11-5-3-1-2-4-7-13-9-10-14-8-6-12/h4-5,8-11,20-22H,2-3,6-7,12-19H2,1H3,(H,35,38);3-8,11-13,25H,9-10H2,2H3;2-3,6-8,14H,4-5H2,1H3;1-10,12H2/b25-21+;18-13-;;. The van der Waals surface area contributed by atoms with E-state index >= 15 is 0 Å². The number of hydrogen-bond acceptors (Lipinski definition) is 21. The number of nitrogens with zero attached hydrogens (tertiary/aromatic N) is 7. The van der Waals surface area contributed by atoms with E-state index in [-0.39, 0.29) is 19.8 Å². The molecule has 0 saturated heterocycles. The summed E-state index contributed by atoms with van der Waals surface area (Å²) in [4.78, 5) is 43.8. The van der Waals surface area contributed by atoms with Gasteiger partial charge in [-0.15, -0.1) is 57.2 Å². The number of aliphatic hydroxyl groups excluding tert-OH is 2. The molecular formula is C75H89Cl2N9O11S3. The highest BCUT2D eigenvalue weighted by Crippen LogP contribution is 2.35. The fourth-order valence-corrected chi connectivity index (χ4v) is 13.2. The summed E-state index contributed by atoms with van der Waals surface area (Å²) in [7, 11) is 5.84. The first-order valence-corrected chi connectivity index (χ1v) is 36.8. The van der Waals surface area contributed by atoms with E-state index in [0.717, 1.165) is 143 Å². The van der Waals surface area contributed by atoms with Crippen LogP contribution in [0.2, 0.25) is 0 Å². The summed E-state index contributed by atoms with van der Waals surface area (Å²) < 4.78 is 41.7. The summed E-state index contributed by atoms with van der Waals surface area (Å²) in [6, 6.07) is 41.5. The van der Waals surface area contributed by atoms with Crippen molar-refractivity contribution in [1.29, 1.82) is 5.26 Å². The molecule has 0 spiro atoms. The average Bonchev–Trinajstić information content (AvgIpc) is 1.67. The molecule has 0 radical (unpaired) electrons. The number of oxazole rings is 2. The first-order valence-electron chi connectivity index (χ1n) is 33.3. The molecule has 0 atom stereocenters. The number of fused-ring (bicyclic) bond motifs is 5. The molecule has 25 heteroatoms. The van der Waals surface area contributed by atoms with Crippen molar-refractivity contribution in [3.8, 4) is 6.07 Å². The first kappa shape index (κ1) is 79.3. The van der Waals surface area contributed by atoms with Gasteiger partial charge in [0.1, 0.15) is 29.3 Å². The van der Waals surface area contributed by atoms with E-state index in [1.165, 1.54) is 24.2 Å². The van der Waals surface area contributed by atoms with Crippen molar-refractivity contribution < 1.29 is 52.3 Å². The summed E-state index contributed by atoms with van der Waals surface area (Å²) in [6.45, 7) is 15.7. The number of para-hydroxylation sites is 4. The number of nitrogens with one attached hydrogen (secondary N) is 1. The molecule has 10 rings (SSSR count). The minimum absolute atomic E-state index is 0.117. The van der Waals surface area contributed by atoms with E-state index in [1.54, 1.807) is 28.7 Å². The number of nitriles is 1. The number of aldehydes is 1. The number of carbonyl (C=O) groups excluding carboxylic acids is 2. The zero-order valence-corrected chi connectivity index (χ0v) is 60.9. The monoisotopic (exact) mass is 1460 g/mol. The van der Waals surface area contributed by atoms with Gasteiger partial charge in [0.25, 0.3) is 0 Å². The highest BCUT2D eigenvalue weighted by atomic mass is 35.5. The molecule has 0 unspecified atom stereocenters. The summed E-state index contributed by atoms with van der Waals surface area (Å²) in [5.74, 6) is 2.14. The van der Waals surface area contributed by atoms with E-state index < -0.39 is 6.09 Å². The van der Waals surface area contributed by atoms with Crippen LogP contribution in [0.15, 0.2) is 130 Å². The topological polar surface area (TPSA) is 249 Å². The van der Waals surface area contributed by atoms with Crippen molar-refractivity contribution in [3.63, 3.8) is 0 Å². The smallest absolute Gasteiger partial charge is 0.407 e. The van der Waals surface area contributed by atoms with Crippen LogP contribution in [0.1, 0.15) is 82.6 Å². The average molecular weight is 1460 g/mol. The molecule has 0 saturated carbocycles. The third-order valence-electron chi connectivity index (χ3n) is 15.2. The van der Waals surface area contributed by atoms with E-state index in [1.807, 2.05) is 139 Å². The van der Waals surface area contributed by atoms with Crippen LogP contribution in [0.25, 0.3) is 80.7 Å². The molecule has 5 N–H and O–H groups in total. The summed E-state index contributed by atoms with van der Waals surface area (Å²) in [6.07, 6.45) is 13.0. The Labute approximate surface area is 606 Å². The quantitative estimate of drug-likeness (QED) is 0.00923. The number of amides is 1. The molecular weight excluding hydrogens is 1370 g/mol. The van der Waals surface area contributed by atoms with Gasteiger partial charge in [-0.25, -0.2) is 19.6 Å². The Kier molecular flexibility index (Phi) is 35.7. The predicted octanol–water partition coefficient (Wildman–Crippen LogP) is 15.9. The maximum absolute atomic E-state index is 12.0. The largest absolute Gasteiger partial charge is 0.448 e. The maximum Gasteiger partial charge on any atom is 0.407 e. The summed E-state index contributed by atoms with van der Waals surface area (Å²) in [5, 5.41) is 33.7. The number of nitrogens with two attached hydrogens (primary N) is 1. The van der Waals surface area contributed by atoms with Crippen molar-refractivity contribution in [3.05, 3.63) is 159 Å². The van der Waals surface area contributed by atoms with E-state index in [0.29, 0.717) is 107 Å². The summed E-state index contributed by atoms with van der Waals surface area (Å²) in [5.41, 5.74) is 11.9. The van der Waals surface area contributed by atoms with Crippen LogP contribution in [0.4, 0.5) is 21.9 Å². The van der Waals surface area contributed by atoms with Gasteiger partial charge in [-0.2, -0.15) is 5.26 Å². The second-order valence-electron chi connectivity index (χ2n) is 22.7. The number of ether oxygens (including phenoxy) is 5. The van der Waals surface area contributed by atoms with Crippen molar-refractivity contribution in [2.75, 3.05) is 153 Å². The number of carbonyl (C=O) groups is 2. The number of aliphatic hydroxyl groups is 2. The van der Waals surface area contributed by atoms with Crippen LogP contribution in [0.5, 0.6) is 0 Å². The first-order chi connectivity index (χ1) is 48.9. The molecule has 0 aliphatic heterocycles. The minimum Gasteiger partial charge on any atom is -0.448 e. The van der Waals surface area contributed by atoms with Crippen LogP contribution in [0.3, 0.4) is 0 Å². The molecule has 0 fully saturated rings. The lowest BCUT2D eigenvalue weighted by molar-refractivity contribution is 0.0469. The van der Waals surface area contributed by atoms with Gasteiger partial charge in [0.05, 0.1) is 70.8 Å². The van der Waals surface area contributed by atoms with Gasteiger partial charge in [-0.05, 0) is 133 Å². The predicted molar refractivity (Wildman–Crippen MR) is 411 cm³/mol. The van der Waals surface area contributed by atoms with E-state index in [4.69, 9.17) is 78.2 Å². The van der Waals surface area contributed by atoms with Gasteiger partial charge in [-0.1, -0.05) is 68.1 Å². The Balaban J connectivity index is 0.000000208. The lowest BCUT2D eigenvalue weighted by Crippen LogP contribution is -2.31. The second-order valence-corrected chi connectivity index (χ2v) is 26.8. The zero-order valence-electron chi connectivity index (χ0n) is 56.9. The number of alkyl carbamates (subject to hydrolysis) is 1. The Morgan fingerprint density at radius 3 is 1.52 bits per heavy atom. The van der Waals surface area contributed by atoms with Gasteiger partial charge in [0.2, 0.25) is 17.5 Å². The fourth-order valence-electron chi connectivity index (χ4n) is 9.83. The van der Waals surface area contributed by atoms with Gasteiger partial charge in [-0.3, -0.25) is 4.79 Å². The number of allylic oxidation sites excluding steroid dienone is 1. The van der Waals surface area contributed by atoms with Crippen LogP contribution >= 0.6 is 57.2 Å². The number of benzene rings is 5. The van der Waals surface area contributed by atoms with Crippen LogP contribution in [-0.4, -0.2) is 171 Å². The number of aromatic nitrogens is 2. The Bertz CT molecular complexity index is 4150. The number of rotatable bonds is 38. The third-order valence-corrected chi connectivity index (χ3v) is 18.9. The molecule has 10 aromatic rings. The molecule has 5 aromatic carbocycles. The van der Waals surface area contributed by atoms with Crippen LogP contribution in [0, 0.1) is 17.9 Å². The summed E-state index contributed by atoms with van der Waals surface area (Å²) >= 11 is 15.9. The molecule has 1 amide bonds. The molecule has 532 valence electrons. The van der Waals surface area contributed by atoms with Crippen molar-refractivity contribution in [2.24, 2.45) is 5.73 Å². The van der Waals surface area contributed by atoms with Crippen molar-refractivity contribution >= 4 is 163 Å². The number of hydrogen-bond donors (Lipinski definition) is 4. The lowest BCUT2D eigenvalue weighted by atomic mass is 10.2. The lowest BCUT2D eigenvalue weighted by Gasteiger charge is -2.19. The molecule has 100 heavy (non-hydrogen) atoms. The molecule has 0 aliphatic rings. The number of alkyl halides is 2. The van der Waals surface area contributed by atoms with Crippen LogP contribution in [-0.2, 0) is 23.7 Å². The SMILES string of the molecule is CN(CCO)c1ccc2cc(C=O)sc2c1.CN(CCOC(=O)NCCOCCOCCCCCCCl)c1ccc2cc(/C=C(\C#N)c3nc4ccccc4o3)sc2c1.NCCOCCOCCCCCCCl.[C-]#[N+]/C(=C\c1cc2ccc(N(C)CCO)cc2s1)c1nc2ccccc2o1. The number of likely N-dealkylation sites (N-methyl/N-ethyl adjacent to an activating group) is 3. The van der Waals surface area contributed by atoms with Crippen LogP contribution < -0.4 is 25.8 Å².